The molecule has 176 valence electrons. The fraction of sp³-hybridized carbons (Fsp3) is 0.333. The van der Waals surface area contributed by atoms with Crippen molar-refractivity contribution in [3.63, 3.8) is 0 Å². The molecular weight excluding hydrogens is 422 g/mol. The second kappa shape index (κ2) is 9.44. The van der Waals surface area contributed by atoms with Crippen LogP contribution in [0.5, 0.6) is 0 Å². The highest BCUT2D eigenvalue weighted by molar-refractivity contribution is 6.16. The van der Waals surface area contributed by atoms with Gasteiger partial charge in [0, 0.05) is 79.4 Å². The molecule has 3 heterocycles. The smallest absolute Gasteiger partial charge is 0.0868 e. The minimum absolute atomic E-state index is 0.360. The number of aromatic amines is 1. The van der Waals surface area contributed by atoms with Gasteiger partial charge < -0.3 is 16.5 Å². The summed E-state index contributed by atoms with van der Waals surface area (Å²) in [5.74, 6) is 0. The molecule has 0 amide bonds. The summed E-state index contributed by atoms with van der Waals surface area (Å²) in [5, 5.41) is 9.98. The average Bonchev–Trinajstić information content (AvgIpc) is 3.49. The average molecular weight is 456 g/mol. The van der Waals surface area contributed by atoms with Crippen molar-refractivity contribution in [1.82, 2.24) is 14.8 Å². The Morgan fingerprint density at radius 3 is 2.88 bits per heavy atom. The third-order valence-corrected chi connectivity index (χ3v) is 7.14. The number of nitrogens with zero attached hydrogens (tertiary/aromatic N) is 3. The highest BCUT2D eigenvalue weighted by Crippen LogP contribution is 2.26. The van der Waals surface area contributed by atoms with Crippen molar-refractivity contribution >= 4 is 34.1 Å². The van der Waals surface area contributed by atoms with Crippen molar-refractivity contribution < 1.29 is 0 Å². The molecule has 1 unspecified atom stereocenters. The fourth-order valence-corrected chi connectivity index (χ4v) is 5.32. The molecule has 2 aromatic carbocycles. The predicted octanol–water partition coefficient (Wildman–Crippen LogP) is 3.45. The quantitative estimate of drug-likeness (QED) is 0.337. The van der Waals surface area contributed by atoms with E-state index in [9.17, 15) is 0 Å². The van der Waals surface area contributed by atoms with E-state index >= 15 is 0 Å². The molecule has 6 N–H and O–H groups in total. The summed E-state index contributed by atoms with van der Waals surface area (Å²) in [7, 11) is 1.71. The first-order valence-corrected chi connectivity index (χ1v) is 12.0. The van der Waals surface area contributed by atoms with E-state index in [4.69, 9.17) is 16.9 Å². The molecule has 3 aromatic rings. The number of piperazine rings is 1. The molecule has 1 aromatic heterocycles. The maximum atomic E-state index is 8.86. The normalized spacial score (nSPS) is 19.8. The highest BCUT2D eigenvalue weighted by atomic mass is 15.3. The first-order chi connectivity index (χ1) is 16.6. The topological polar surface area (TPSA) is 111 Å². The molecule has 5 rings (SSSR count). The number of hydrogen-bond acceptors (Lipinski definition) is 6. The Morgan fingerprint density at radius 1 is 1.18 bits per heavy atom. The summed E-state index contributed by atoms with van der Waals surface area (Å²) in [6.45, 7) is 5.73. The van der Waals surface area contributed by atoms with Crippen LogP contribution in [0.3, 0.4) is 0 Å². The number of nitrogens with one attached hydrogen (secondary N) is 2. The summed E-state index contributed by atoms with van der Waals surface area (Å²) >= 11 is 0. The Balaban J connectivity index is 1.37. The van der Waals surface area contributed by atoms with Crippen molar-refractivity contribution in [2.24, 2.45) is 10.7 Å². The van der Waals surface area contributed by atoms with E-state index in [2.05, 4.69) is 44.0 Å². The molecule has 0 bridgehead atoms. The number of allylic oxidation sites excluding steroid dienone is 1. The van der Waals surface area contributed by atoms with Crippen molar-refractivity contribution in [1.29, 1.82) is 5.41 Å². The van der Waals surface area contributed by atoms with Crippen LogP contribution in [0, 0.1) is 5.41 Å². The molecule has 2 aliphatic heterocycles. The predicted molar refractivity (Wildman–Crippen MR) is 142 cm³/mol. The van der Waals surface area contributed by atoms with Gasteiger partial charge in [0.2, 0.25) is 0 Å². The maximum Gasteiger partial charge on any atom is 0.0868 e. The zero-order valence-electron chi connectivity index (χ0n) is 19.7. The van der Waals surface area contributed by atoms with Crippen molar-refractivity contribution in [3.05, 3.63) is 71.0 Å². The second-order valence-corrected chi connectivity index (χ2v) is 9.36. The molecule has 34 heavy (non-hydrogen) atoms. The Bertz CT molecular complexity index is 1270. The van der Waals surface area contributed by atoms with Gasteiger partial charge in [0.15, 0.2) is 0 Å². The van der Waals surface area contributed by atoms with Gasteiger partial charge in [-0.05, 0) is 60.8 Å². The lowest BCUT2D eigenvalue weighted by atomic mass is 9.99. The molecule has 0 aliphatic carbocycles. The lowest BCUT2D eigenvalue weighted by molar-refractivity contribution is 0.0994. The number of anilines is 1. The molecule has 2 fully saturated rings. The van der Waals surface area contributed by atoms with Crippen molar-refractivity contribution in [2.75, 3.05) is 39.0 Å². The summed E-state index contributed by atoms with van der Waals surface area (Å²) in [6, 6.07) is 15.0. The van der Waals surface area contributed by atoms with Crippen LogP contribution in [0.4, 0.5) is 5.69 Å². The van der Waals surface area contributed by atoms with E-state index in [1.165, 1.54) is 44.2 Å². The van der Waals surface area contributed by atoms with Crippen molar-refractivity contribution in [2.45, 2.75) is 25.4 Å². The van der Waals surface area contributed by atoms with Crippen LogP contribution in [0.25, 0.3) is 16.5 Å². The minimum atomic E-state index is 0.360. The monoisotopic (exact) mass is 455 g/mol. The lowest BCUT2D eigenvalue weighted by Crippen LogP contribution is -2.49. The van der Waals surface area contributed by atoms with Crippen LogP contribution in [0.1, 0.15) is 35.2 Å². The number of H-pyrrole nitrogens is 1. The minimum Gasteiger partial charge on any atom is -0.404 e. The summed E-state index contributed by atoms with van der Waals surface area (Å²) < 4.78 is 0. The molecule has 2 aliphatic rings. The highest BCUT2D eigenvalue weighted by Gasteiger charge is 2.30. The van der Waals surface area contributed by atoms with Crippen LogP contribution in [-0.2, 0) is 6.54 Å². The molecule has 0 radical (unpaired) electrons. The standard InChI is InChI=1S/C27H33N7/c1-31-15-21(14-28)19-5-6-24(29)23(12-19)27(30)26-13-20-11-18(4-7-25(20)32-26)16-33-9-10-34-8-2-3-22(34)17-33/h4-7,11-15,22,30,32H,2-3,8-10,16-17,28-29H2,1H3. The first kappa shape index (κ1) is 22.4. The van der Waals surface area contributed by atoms with Gasteiger partial charge >= 0.3 is 0 Å². The SMILES string of the molecule is CN=CC(=CN)c1ccc(N)c(C(=N)c2cc3cc(CN4CCN5CCCC5C4)ccc3[nH]2)c1. The Kier molecular flexibility index (Phi) is 6.22. The van der Waals surface area contributed by atoms with Gasteiger partial charge in [0.05, 0.1) is 11.4 Å². The van der Waals surface area contributed by atoms with Gasteiger partial charge in [-0.1, -0.05) is 12.1 Å². The van der Waals surface area contributed by atoms with E-state index in [1.54, 1.807) is 13.3 Å². The lowest BCUT2D eigenvalue weighted by Gasteiger charge is -2.37. The third-order valence-electron chi connectivity index (χ3n) is 7.14. The largest absolute Gasteiger partial charge is 0.404 e. The fourth-order valence-electron chi connectivity index (χ4n) is 5.32. The van der Waals surface area contributed by atoms with E-state index in [0.717, 1.165) is 46.9 Å². The summed E-state index contributed by atoms with van der Waals surface area (Å²) in [6.07, 6.45) is 5.89. The number of nitrogen functional groups attached to an aromatic ring is 1. The van der Waals surface area contributed by atoms with E-state index in [0.29, 0.717) is 17.0 Å². The van der Waals surface area contributed by atoms with Gasteiger partial charge in [-0.15, -0.1) is 0 Å². The molecule has 1 atom stereocenters. The second-order valence-electron chi connectivity index (χ2n) is 9.36. The Morgan fingerprint density at radius 2 is 2.06 bits per heavy atom. The van der Waals surface area contributed by atoms with E-state index in [1.807, 2.05) is 18.2 Å². The number of rotatable bonds is 6. The van der Waals surface area contributed by atoms with Crippen LogP contribution >= 0.6 is 0 Å². The number of aromatic nitrogens is 1. The van der Waals surface area contributed by atoms with Crippen LogP contribution in [-0.4, -0.2) is 66.0 Å². The van der Waals surface area contributed by atoms with Crippen molar-refractivity contribution in [3.8, 4) is 0 Å². The molecular formula is C27H33N7. The zero-order valence-corrected chi connectivity index (χ0v) is 19.7. The third kappa shape index (κ3) is 4.36. The van der Waals surface area contributed by atoms with Crippen LogP contribution in [0.2, 0.25) is 0 Å². The van der Waals surface area contributed by atoms with E-state index in [-0.39, 0.29) is 0 Å². The van der Waals surface area contributed by atoms with E-state index < -0.39 is 0 Å². The molecule has 7 nitrogen and oxygen atoms in total. The van der Waals surface area contributed by atoms with Gasteiger partial charge in [0.25, 0.3) is 0 Å². The van der Waals surface area contributed by atoms with Crippen LogP contribution in [0.15, 0.2) is 53.7 Å². The number of fused-ring (bicyclic) bond motifs is 2. The molecule has 0 saturated carbocycles. The number of nitrogens with two attached hydrogens (primary N) is 2. The zero-order chi connectivity index (χ0) is 23.7. The molecule has 2 saturated heterocycles. The van der Waals surface area contributed by atoms with Gasteiger partial charge in [-0.3, -0.25) is 20.2 Å². The summed E-state index contributed by atoms with van der Waals surface area (Å²) in [5.41, 5.74) is 18.4. The maximum absolute atomic E-state index is 8.86. The van der Waals surface area contributed by atoms with Crippen LogP contribution < -0.4 is 11.5 Å². The van der Waals surface area contributed by atoms with Gasteiger partial charge in [0.1, 0.15) is 0 Å². The summed E-state index contributed by atoms with van der Waals surface area (Å²) in [4.78, 5) is 12.7. The number of hydrogen-bond donors (Lipinski definition) is 4. The number of benzene rings is 2. The first-order valence-electron chi connectivity index (χ1n) is 12.0. The Hall–Kier alpha value is -3.42. The van der Waals surface area contributed by atoms with Gasteiger partial charge in [-0.2, -0.15) is 0 Å². The number of aliphatic imine (C=N–C) groups is 1. The molecule has 7 heteroatoms. The van der Waals surface area contributed by atoms with Gasteiger partial charge in [-0.25, -0.2) is 0 Å². The molecule has 0 spiro atoms. The Labute approximate surface area is 200 Å².